The summed E-state index contributed by atoms with van der Waals surface area (Å²) in [5, 5.41) is 4.42. The molecule has 78 valence electrons. The summed E-state index contributed by atoms with van der Waals surface area (Å²) in [6, 6.07) is 2.14. The zero-order valence-electron chi connectivity index (χ0n) is 7.87. The van der Waals surface area contributed by atoms with Gasteiger partial charge >= 0.3 is 0 Å². The first-order chi connectivity index (χ1) is 7.34. The fourth-order valence-electron chi connectivity index (χ4n) is 1.87. The van der Waals surface area contributed by atoms with E-state index in [0.717, 1.165) is 28.1 Å². The van der Waals surface area contributed by atoms with Gasteiger partial charge in [-0.15, -0.1) is 11.3 Å². The van der Waals surface area contributed by atoms with E-state index in [1.54, 1.807) is 12.5 Å². The second-order valence-corrected chi connectivity index (χ2v) is 5.13. The summed E-state index contributed by atoms with van der Waals surface area (Å²) in [5.41, 5.74) is 1.19. The largest absolute Gasteiger partial charge is 0.469 e. The molecule has 1 aliphatic rings. The Hall–Kier alpha value is -0.840. The van der Waals surface area contributed by atoms with E-state index < -0.39 is 0 Å². The molecule has 0 aromatic carbocycles. The SMILES string of the molecule is Clc1cnc(C2NCCc3occc32)s1. The maximum atomic E-state index is 5.89. The molecule has 0 saturated carbocycles. The Labute approximate surface area is 96.1 Å². The maximum Gasteiger partial charge on any atom is 0.116 e. The van der Waals surface area contributed by atoms with Crippen LogP contribution >= 0.6 is 22.9 Å². The van der Waals surface area contributed by atoms with Crippen LogP contribution in [-0.4, -0.2) is 11.5 Å². The standard InChI is InChI=1S/C10H9ClN2OS/c11-8-5-13-10(15-8)9-6-2-4-14-7(6)1-3-12-9/h2,4-5,9,12H,1,3H2. The third-order valence-electron chi connectivity index (χ3n) is 2.53. The summed E-state index contributed by atoms with van der Waals surface area (Å²) in [5.74, 6) is 1.06. The van der Waals surface area contributed by atoms with E-state index >= 15 is 0 Å². The van der Waals surface area contributed by atoms with Crippen LogP contribution in [0.25, 0.3) is 0 Å². The van der Waals surface area contributed by atoms with E-state index in [1.807, 2.05) is 6.07 Å². The number of aromatic nitrogens is 1. The summed E-state index contributed by atoms with van der Waals surface area (Å²) in [6.07, 6.45) is 4.37. The topological polar surface area (TPSA) is 38.1 Å². The lowest BCUT2D eigenvalue weighted by atomic mass is 10.0. The van der Waals surface area contributed by atoms with Gasteiger partial charge in [0, 0.05) is 18.5 Å². The number of rotatable bonds is 1. The van der Waals surface area contributed by atoms with Crippen LogP contribution in [0.3, 0.4) is 0 Å². The van der Waals surface area contributed by atoms with Crippen LogP contribution in [0.5, 0.6) is 0 Å². The van der Waals surface area contributed by atoms with Crippen molar-refractivity contribution in [2.75, 3.05) is 6.54 Å². The highest BCUT2D eigenvalue weighted by Crippen LogP contribution is 2.32. The van der Waals surface area contributed by atoms with Gasteiger partial charge in [0.25, 0.3) is 0 Å². The van der Waals surface area contributed by atoms with Crippen molar-refractivity contribution >= 4 is 22.9 Å². The molecule has 5 heteroatoms. The molecule has 1 N–H and O–H groups in total. The number of furan rings is 1. The molecule has 2 aromatic heterocycles. The average Bonchev–Trinajstić information content (AvgIpc) is 2.84. The molecule has 0 saturated heterocycles. The number of halogens is 1. The van der Waals surface area contributed by atoms with E-state index in [1.165, 1.54) is 16.9 Å². The Morgan fingerprint density at radius 2 is 2.53 bits per heavy atom. The van der Waals surface area contributed by atoms with Crippen LogP contribution in [-0.2, 0) is 6.42 Å². The van der Waals surface area contributed by atoms with Crippen molar-refractivity contribution in [3.8, 4) is 0 Å². The highest BCUT2D eigenvalue weighted by Gasteiger charge is 2.25. The second-order valence-electron chi connectivity index (χ2n) is 3.44. The number of thiazole rings is 1. The van der Waals surface area contributed by atoms with Gasteiger partial charge in [-0.3, -0.25) is 0 Å². The second kappa shape index (κ2) is 3.63. The zero-order valence-corrected chi connectivity index (χ0v) is 9.44. The Balaban J connectivity index is 2.02. The Kier molecular flexibility index (Phi) is 2.27. The highest BCUT2D eigenvalue weighted by molar-refractivity contribution is 7.15. The number of hydrogen-bond acceptors (Lipinski definition) is 4. The van der Waals surface area contributed by atoms with Crippen molar-refractivity contribution in [2.45, 2.75) is 12.5 Å². The monoisotopic (exact) mass is 240 g/mol. The Morgan fingerprint density at radius 1 is 1.60 bits per heavy atom. The Bertz CT molecular complexity index is 479. The van der Waals surface area contributed by atoms with Gasteiger partial charge in [-0.05, 0) is 6.07 Å². The van der Waals surface area contributed by atoms with Gasteiger partial charge in [0.05, 0.1) is 18.5 Å². The summed E-state index contributed by atoms with van der Waals surface area (Å²) >= 11 is 7.40. The minimum absolute atomic E-state index is 0.144. The zero-order chi connectivity index (χ0) is 10.3. The van der Waals surface area contributed by atoms with Gasteiger partial charge in [-0.1, -0.05) is 11.6 Å². The molecule has 1 unspecified atom stereocenters. The molecular weight excluding hydrogens is 232 g/mol. The van der Waals surface area contributed by atoms with Gasteiger partial charge in [0.2, 0.25) is 0 Å². The van der Waals surface area contributed by atoms with Gasteiger partial charge in [-0.2, -0.15) is 0 Å². The average molecular weight is 241 g/mol. The predicted octanol–water partition coefficient (Wildman–Crippen LogP) is 2.62. The Morgan fingerprint density at radius 3 is 3.33 bits per heavy atom. The molecule has 3 heterocycles. The van der Waals surface area contributed by atoms with Gasteiger partial charge in [-0.25, -0.2) is 4.98 Å². The normalized spacial score (nSPS) is 20.2. The first-order valence-corrected chi connectivity index (χ1v) is 5.95. The lowest BCUT2D eigenvalue weighted by molar-refractivity contribution is 0.455. The summed E-state index contributed by atoms with van der Waals surface area (Å²) in [7, 11) is 0. The molecule has 0 spiro atoms. The van der Waals surface area contributed by atoms with Crippen LogP contribution in [0.1, 0.15) is 22.4 Å². The molecule has 0 amide bonds. The van der Waals surface area contributed by atoms with Gasteiger partial charge in [0.15, 0.2) is 0 Å². The molecule has 0 fully saturated rings. The number of nitrogens with zero attached hydrogens (tertiary/aromatic N) is 1. The van der Waals surface area contributed by atoms with Crippen molar-refractivity contribution in [2.24, 2.45) is 0 Å². The van der Waals surface area contributed by atoms with Crippen molar-refractivity contribution in [1.29, 1.82) is 0 Å². The quantitative estimate of drug-likeness (QED) is 0.833. The third kappa shape index (κ3) is 1.58. The van der Waals surface area contributed by atoms with Crippen molar-refractivity contribution in [3.63, 3.8) is 0 Å². The van der Waals surface area contributed by atoms with E-state index in [-0.39, 0.29) is 6.04 Å². The van der Waals surface area contributed by atoms with Crippen LogP contribution in [0.15, 0.2) is 22.9 Å². The fourth-order valence-corrected chi connectivity index (χ4v) is 2.90. The highest BCUT2D eigenvalue weighted by atomic mass is 35.5. The molecular formula is C10H9ClN2OS. The fraction of sp³-hybridized carbons (Fsp3) is 0.300. The summed E-state index contributed by atoms with van der Waals surface area (Å²) < 4.78 is 6.14. The predicted molar refractivity (Wildman–Crippen MR) is 59.4 cm³/mol. The first-order valence-electron chi connectivity index (χ1n) is 4.75. The van der Waals surface area contributed by atoms with Crippen LogP contribution in [0.2, 0.25) is 4.34 Å². The number of fused-ring (bicyclic) bond motifs is 1. The first kappa shape index (κ1) is 9.39. The number of hydrogen-bond donors (Lipinski definition) is 1. The molecule has 0 aliphatic carbocycles. The van der Waals surface area contributed by atoms with E-state index in [9.17, 15) is 0 Å². The molecule has 3 nitrogen and oxygen atoms in total. The lowest BCUT2D eigenvalue weighted by Gasteiger charge is -2.21. The number of nitrogens with one attached hydrogen (secondary N) is 1. The van der Waals surface area contributed by atoms with Crippen LogP contribution < -0.4 is 5.32 Å². The van der Waals surface area contributed by atoms with E-state index in [4.69, 9.17) is 16.0 Å². The maximum absolute atomic E-state index is 5.89. The molecule has 1 atom stereocenters. The molecule has 1 aliphatic heterocycles. The minimum Gasteiger partial charge on any atom is -0.469 e. The molecule has 2 aromatic rings. The molecule has 0 radical (unpaired) electrons. The van der Waals surface area contributed by atoms with Gasteiger partial charge < -0.3 is 9.73 Å². The smallest absolute Gasteiger partial charge is 0.116 e. The van der Waals surface area contributed by atoms with Crippen molar-refractivity contribution in [3.05, 3.63) is 39.2 Å². The van der Waals surface area contributed by atoms with E-state index in [0.29, 0.717) is 0 Å². The van der Waals surface area contributed by atoms with Crippen molar-refractivity contribution < 1.29 is 4.42 Å². The van der Waals surface area contributed by atoms with Crippen LogP contribution in [0.4, 0.5) is 0 Å². The molecule has 0 bridgehead atoms. The summed E-state index contributed by atoms with van der Waals surface area (Å²) in [6.45, 7) is 0.919. The molecule has 3 rings (SSSR count). The minimum atomic E-state index is 0.144. The lowest BCUT2D eigenvalue weighted by Crippen LogP contribution is -2.29. The summed E-state index contributed by atoms with van der Waals surface area (Å²) in [4.78, 5) is 4.30. The molecule has 15 heavy (non-hydrogen) atoms. The van der Waals surface area contributed by atoms with Gasteiger partial charge in [0.1, 0.15) is 15.1 Å². The van der Waals surface area contributed by atoms with Crippen LogP contribution in [0, 0.1) is 0 Å². The van der Waals surface area contributed by atoms with E-state index in [2.05, 4.69) is 10.3 Å². The third-order valence-corrected chi connectivity index (χ3v) is 3.71. The van der Waals surface area contributed by atoms with Crippen molar-refractivity contribution in [1.82, 2.24) is 10.3 Å².